The number of hydrogen-bond acceptors (Lipinski definition) is 3. The van der Waals surface area contributed by atoms with E-state index in [2.05, 4.69) is 4.72 Å². The van der Waals surface area contributed by atoms with Crippen molar-refractivity contribution in [3.8, 4) is 0 Å². The van der Waals surface area contributed by atoms with E-state index in [-0.39, 0.29) is 10.8 Å². The minimum absolute atomic E-state index is 0.0523. The van der Waals surface area contributed by atoms with E-state index >= 15 is 0 Å². The van der Waals surface area contributed by atoms with Crippen molar-refractivity contribution in [1.29, 1.82) is 0 Å². The Labute approximate surface area is 163 Å². The van der Waals surface area contributed by atoms with Gasteiger partial charge in [-0.3, -0.25) is 4.79 Å². The summed E-state index contributed by atoms with van der Waals surface area (Å²) >= 11 is 12.1. The summed E-state index contributed by atoms with van der Waals surface area (Å²) in [5, 5.41) is 0.890. The van der Waals surface area contributed by atoms with Crippen molar-refractivity contribution in [1.82, 2.24) is 4.72 Å². The van der Waals surface area contributed by atoms with E-state index in [1.54, 1.807) is 42.2 Å². The van der Waals surface area contributed by atoms with Crippen LogP contribution < -0.4 is 9.62 Å². The van der Waals surface area contributed by atoms with Gasteiger partial charge in [-0.05, 0) is 54.8 Å². The molecule has 5 nitrogen and oxygen atoms in total. The molecule has 2 aromatic rings. The molecule has 8 heteroatoms. The first-order valence-electron chi connectivity index (χ1n) is 8.07. The molecule has 1 amide bonds. The molecule has 0 saturated carbocycles. The van der Waals surface area contributed by atoms with Gasteiger partial charge >= 0.3 is 0 Å². The Morgan fingerprint density at radius 1 is 1.19 bits per heavy atom. The number of sulfonamides is 1. The Hall–Kier alpha value is -1.60. The van der Waals surface area contributed by atoms with Gasteiger partial charge in [-0.2, -0.15) is 0 Å². The molecular weight excluding hydrogens is 395 g/mol. The predicted molar refractivity (Wildman–Crippen MR) is 103 cm³/mol. The highest BCUT2D eigenvalue weighted by atomic mass is 35.5. The summed E-state index contributed by atoms with van der Waals surface area (Å²) in [7, 11) is -3.74. The molecular formula is C18H18Cl2N2O3S. The molecule has 0 saturated heterocycles. The van der Waals surface area contributed by atoms with Gasteiger partial charge in [0.2, 0.25) is 15.9 Å². The van der Waals surface area contributed by atoms with E-state index in [0.717, 1.165) is 11.3 Å². The van der Waals surface area contributed by atoms with Crippen LogP contribution in [0.15, 0.2) is 41.3 Å². The number of benzene rings is 2. The lowest BCUT2D eigenvalue weighted by atomic mass is 10.1. The minimum atomic E-state index is -3.74. The van der Waals surface area contributed by atoms with Gasteiger partial charge in [0.15, 0.2) is 0 Å². The highest BCUT2D eigenvalue weighted by molar-refractivity contribution is 7.89. The Bertz CT molecular complexity index is 976. The fourth-order valence-electron chi connectivity index (χ4n) is 3.09. The van der Waals surface area contributed by atoms with Gasteiger partial charge in [0.1, 0.15) is 0 Å². The smallest absolute Gasteiger partial charge is 0.241 e. The number of hydrogen-bond donors (Lipinski definition) is 1. The molecule has 0 bridgehead atoms. The standard InChI is InChI=1S/C18H18Cl2N2O3S/c1-11(16-5-3-14(19)10-17(16)20)21-26(24,25)15-4-6-18-13(9-15)7-8-22(18)12(2)23/h3-6,9-11,21H,7-8H2,1-2H3. The van der Waals surface area contributed by atoms with Crippen molar-refractivity contribution < 1.29 is 13.2 Å². The highest BCUT2D eigenvalue weighted by Gasteiger charge is 2.26. The summed E-state index contributed by atoms with van der Waals surface area (Å²) < 4.78 is 28.1. The normalized spacial score (nSPS) is 15.0. The molecule has 0 aromatic heterocycles. The van der Waals surface area contributed by atoms with Crippen LogP contribution in [0.3, 0.4) is 0 Å². The van der Waals surface area contributed by atoms with Crippen LogP contribution in [-0.2, 0) is 21.2 Å². The fraction of sp³-hybridized carbons (Fsp3) is 0.278. The topological polar surface area (TPSA) is 66.5 Å². The predicted octanol–water partition coefficient (Wildman–Crippen LogP) is 3.94. The summed E-state index contributed by atoms with van der Waals surface area (Å²) in [4.78, 5) is 13.4. The monoisotopic (exact) mass is 412 g/mol. The van der Waals surface area contributed by atoms with Crippen molar-refractivity contribution in [2.24, 2.45) is 0 Å². The molecule has 0 fully saturated rings. The van der Waals surface area contributed by atoms with E-state index in [9.17, 15) is 13.2 Å². The zero-order chi connectivity index (χ0) is 19.1. The third kappa shape index (κ3) is 3.74. The Morgan fingerprint density at radius 3 is 2.58 bits per heavy atom. The van der Waals surface area contributed by atoms with Crippen molar-refractivity contribution in [2.75, 3.05) is 11.4 Å². The van der Waals surface area contributed by atoms with Crippen molar-refractivity contribution in [3.63, 3.8) is 0 Å². The third-order valence-corrected chi connectivity index (χ3v) is 6.50. The van der Waals surface area contributed by atoms with Crippen LogP contribution in [0.1, 0.15) is 31.0 Å². The maximum absolute atomic E-state index is 12.7. The Balaban J connectivity index is 1.86. The SMILES string of the molecule is CC(=O)N1CCc2cc(S(=O)(=O)NC(C)c3ccc(Cl)cc3Cl)ccc21. The number of carbonyl (C=O) groups excluding carboxylic acids is 1. The molecule has 1 aliphatic heterocycles. The summed E-state index contributed by atoms with van der Waals surface area (Å²) in [6.07, 6.45) is 0.636. The van der Waals surface area contributed by atoms with Crippen LogP contribution in [0.25, 0.3) is 0 Å². The zero-order valence-corrected chi connectivity index (χ0v) is 16.6. The maximum atomic E-state index is 12.7. The van der Waals surface area contributed by atoms with Gasteiger partial charge in [-0.25, -0.2) is 13.1 Å². The molecule has 1 N–H and O–H groups in total. The number of anilines is 1. The number of nitrogens with zero attached hydrogens (tertiary/aromatic N) is 1. The third-order valence-electron chi connectivity index (χ3n) is 4.40. The van der Waals surface area contributed by atoms with Crippen molar-refractivity contribution in [2.45, 2.75) is 31.2 Å². The summed E-state index contributed by atoms with van der Waals surface area (Å²) in [5.74, 6) is -0.0523. The second-order valence-corrected chi connectivity index (χ2v) is 8.78. The molecule has 138 valence electrons. The second kappa shape index (κ2) is 7.19. The molecule has 26 heavy (non-hydrogen) atoms. The first-order valence-corrected chi connectivity index (χ1v) is 10.3. The first-order chi connectivity index (χ1) is 12.2. The van der Waals surface area contributed by atoms with Crippen molar-refractivity contribution in [3.05, 3.63) is 57.6 Å². The van der Waals surface area contributed by atoms with Crippen LogP contribution >= 0.6 is 23.2 Å². The number of carbonyl (C=O) groups is 1. The largest absolute Gasteiger partial charge is 0.312 e. The first kappa shape index (κ1) is 19.2. The summed E-state index contributed by atoms with van der Waals surface area (Å²) in [5.41, 5.74) is 2.26. The highest BCUT2D eigenvalue weighted by Crippen LogP contribution is 2.31. The fourth-order valence-corrected chi connectivity index (χ4v) is 4.93. The van der Waals surface area contributed by atoms with Crippen LogP contribution in [0, 0.1) is 0 Å². The molecule has 0 aliphatic carbocycles. The van der Waals surface area contributed by atoms with Crippen LogP contribution in [-0.4, -0.2) is 20.9 Å². The molecule has 2 aromatic carbocycles. The van der Waals surface area contributed by atoms with Gasteiger partial charge < -0.3 is 4.90 Å². The van der Waals surface area contributed by atoms with Gasteiger partial charge in [0.25, 0.3) is 0 Å². The van der Waals surface area contributed by atoms with E-state index < -0.39 is 16.1 Å². The van der Waals surface area contributed by atoms with E-state index in [1.165, 1.54) is 13.0 Å². The number of nitrogens with one attached hydrogen (secondary N) is 1. The minimum Gasteiger partial charge on any atom is -0.312 e. The van der Waals surface area contributed by atoms with Gasteiger partial charge in [0, 0.05) is 35.2 Å². The lowest BCUT2D eigenvalue weighted by molar-refractivity contribution is -0.116. The van der Waals surface area contributed by atoms with Crippen LogP contribution in [0.5, 0.6) is 0 Å². The summed E-state index contributed by atoms with van der Waals surface area (Å²) in [6.45, 7) is 3.79. The zero-order valence-electron chi connectivity index (χ0n) is 14.3. The lowest BCUT2D eigenvalue weighted by Gasteiger charge is -2.17. The molecule has 1 aliphatic rings. The van der Waals surface area contributed by atoms with Gasteiger partial charge in [0.05, 0.1) is 4.90 Å². The van der Waals surface area contributed by atoms with E-state index in [0.29, 0.717) is 28.6 Å². The summed E-state index contributed by atoms with van der Waals surface area (Å²) in [6, 6.07) is 9.24. The maximum Gasteiger partial charge on any atom is 0.241 e. The molecule has 1 atom stereocenters. The molecule has 1 heterocycles. The Kier molecular flexibility index (Phi) is 5.30. The molecule has 1 unspecified atom stereocenters. The van der Waals surface area contributed by atoms with E-state index in [4.69, 9.17) is 23.2 Å². The van der Waals surface area contributed by atoms with Gasteiger partial charge in [-0.15, -0.1) is 0 Å². The van der Waals surface area contributed by atoms with Gasteiger partial charge in [-0.1, -0.05) is 29.3 Å². The number of rotatable bonds is 4. The molecule has 0 radical (unpaired) electrons. The molecule has 0 spiro atoms. The number of amides is 1. The average Bonchev–Trinajstić information content (AvgIpc) is 2.97. The second-order valence-electron chi connectivity index (χ2n) is 6.22. The number of halogens is 2. The van der Waals surface area contributed by atoms with Crippen LogP contribution in [0.2, 0.25) is 10.0 Å². The van der Waals surface area contributed by atoms with Crippen LogP contribution in [0.4, 0.5) is 5.69 Å². The average molecular weight is 413 g/mol. The number of fused-ring (bicyclic) bond motifs is 1. The molecule has 3 rings (SSSR count). The van der Waals surface area contributed by atoms with Crippen molar-refractivity contribution >= 4 is 44.8 Å². The van der Waals surface area contributed by atoms with E-state index in [1.807, 2.05) is 0 Å². The quantitative estimate of drug-likeness (QED) is 0.826. The lowest BCUT2D eigenvalue weighted by Crippen LogP contribution is -2.27. The Morgan fingerprint density at radius 2 is 1.92 bits per heavy atom.